The number of benzene rings is 1. The van der Waals surface area contributed by atoms with Crippen molar-refractivity contribution in [2.75, 3.05) is 37.7 Å². The highest BCUT2D eigenvalue weighted by molar-refractivity contribution is 7.89. The number of carbonyl (C=O) groups is 1. The van der Waals surface area contributed by atoms with E-state index in [1.54, 1.807) is 23.2 Å². The first-order chi connectivity index (χ1) is 13.9. The van der Waals surface area contributed by atoms with E-state index < -0.39 is 10.0 Å². The van der Waals surface area contributed by atoms with E-state index >= 15 is 0 Å². The fraction of sp³-hybridized carbons (Fsp3) is 0.421. The average molecular weight is 417 g/mol. The molecule has 2 aliphatic rings. The molecule has 1 N–H and O–H groups in total. The van der Waals surface area contributed by atoms with Gasteiger partial charge in [-0.1, -0.05) is 12.1 Å². The van der Waals surface area contributed by atoms with Crippen LogP contribution in [0.1, 0.15) is 16.8 Å². The minimum absolute atomic E-state index is 0.149. The van der Waals surface area contributed by atoms with Crippen LogP contribution in [-0.4, -0.2) is 62.0 Å². The van der Waals surface area contributed by atoms with Crippen LogP contribution in [0.3, 0.4) is 0 Å². The molecule has 0 saturated carbocycles. The van der Waals surface area contributed by atoms with Gasteiger partial charge in [-0.25, -0.2) is 23.1 Å². The van der Waals surface area contributed by atoms with Crippen molar-refractivity contribution in [1.29, 1.82) is 0 Å². The van der Waals surface area contributed by atoms with Crippen molar-refractivity contribution in [3.63, 3.8) is 0 Å². The fourth-order valence-electron chi connectivity index (χ4n) is 3.37. The Labute approximate surface area is 169 Å². The van der Waals surface area contributed by atoms with Gasteiger partial charge in [0.1, 0.15) is 0 Å². The molecule has 0 spiro atoms. The van der Waals surface area contributed by atoms with Gasteiger partial charge in [-0.2, -0.15) is 0 Å². The SMILES string of the molecule is Cc1cccc(S(=O)(=O)NCC(=O)N2Cc3cnc(N4CCOCC4)nc3C2)c1. The normalized spacial score (nSPS) is 16.7. The molecule has 154 valence electrons. The third kappa shape index (κ3) is 4.39. The lowest BCUT2D eigenvalue weighted by atomic mass is 10.2. The molecule has 0 unspecified atom stereocenters. The standard InChI is InChI=1S/C19H23N5O4S/c1-14-3-2-4-16(9-14)29(26,27)21-11-18(25)24-12-15-10-20-19(22-17(15)13-24)23-5-7-28-8-6-23/h2-4,9-10,21H,5-8,11-13H2,1H3. The second kappa shape index (κ2) is 8.05. The molecule has 1 aromatic carbocycles. The number of amides is 1. The van der Waals surface area contributed by atoms with Gasteiger partial charge in [-0.15, -0.1) is 0 Å². The zero-order chi connectivity index (χ0) is 20.4. The van der Waals surface area contributed by atoms with Crippen LogP contribution < -0.4 is 9.62 Å². The van der Waals surface area contributed by atoms with E-state index in [-0.39, 0.29) is 17.3 Å². The fourth-order valence-corrected chi connectivity index (χ4v) is 4.45. The average Bonchev–Trinajstić information content (AvgIpc) is 3.16. The molecule has 4 rings (SSSR count). The number of anilines is 1. The monoisotopic (exact) mass is 417 g/mol. The largest absolute Gasteiger partial charge is 0.378 e. The van der Waals surface area contributed by atoms with E-state index in [0.29, 0.717) is 32.3 Å². The summed E-state index contributed by atoms with van der Waals surface area (Å²) in [6, 6.07) is 6.57. The van der Waals surface area contributed by atoms with Gasteiger partial charge in [0.15, 0.2) is 0 Å². The molecule has 0 atom stereocenters. The summed E-state index contributed by atoms with van der Waals surface area (Å²) in [7, 11) is -3.74. The van der Waals surface area contributed by atoms with E-state index in [0.717, 1.165) is 29.9 Å². The number of nitrogens with one attached hydrogen (secondary N) is 1. The van der Waals surface area contributed by atoms with E-state index in [9.17, 15) is 13.2 Å². The van der Waals surface area contributed by atoms with Crippen LogP contribution in [0.4, 0.5) is 5.95 Å². The van der Waals surface area contributed by atoms with Crippen molar-refractivity contribution in [3.8, 4) is 0 Å². The molecule has 1 aromatic heterocycles. The zero-order valence-corrected chi connectivity index (χ0v) is 17.0. The highest BCUT2D eigenvalue weighted by Crippen LogP contribution is 2.23. The summed E-state index contributed by atoms with van der Waals surface area (Å²) in [5, 5.41) is 0. The Morgan fingerprint density at radius 2 is 2.03 bits per heavy atom. The lowest BCUT2D eigenvalue weighted by Crippen LogP contribution is -2.37. The molecule has 2 aliphatic heterocycles. The first kappa shape index (κ1) is 19.7. The van der Waals surface area contributed by atoms with Crippen molar-refractivity contribution in [2.24, 2.45) is 0 Å². The topological polar surface area (TPSA) is 105 Å². The molecule has 10 heteroatoms. The molecule has 29 heavy (non-hydrogen) atoms. The summed E-state index contributed by atoms with van der Waals surface area (Å²) < 4.78 is 32.6. The van der Waals surface area contributed by atoms with Crippen molar-refractivity contribution < 1.29 is 17.9 Å². The summed E-state index contributed by atoms with van der Waals surface area (Å²) in [4.78, 5) is 25.4. The van der Waals surface area contributed by atoms with Crippen LogP contribution in [-0.2, 0) is 32.6 Å². The Bertz CT molecular complexity index is 1020. The first-order valence-corrected chi connectivity index (χ1v) is 10.9. The van der Waals surface area contributed by atoms with Gasteiger partial charge >= 0.3 is 0 Å². The molecule has 1 fully saturated rings. The Kier molecular flexibility index (Phi) is 5.48. The zero-order valence-electron chi connectivity index (χ0n) is 16.2. The van der Waals surface area contributed by atoms with Crippen LogP contribution >= 0.6 is 0 Å². The van der Waals surface area contributed by atoms with Gasteiger partial charge in [0, 0.05) is 31.4 Å². The lowest BCUT2D eigenvalue weighted by molar-refractivity contribution is -0.130. The second-order valence-corrected chi connectivity index (χ2v) is 8.90. The van der Waals surface area contributed by atoms with Crippen LogP contribution in [0, 0.1) is 6.92 Å². The number of morpholine rings is 1. The number of aryl methyl sites for hydroxylation is 1. The number of sulfonamides is 1. The van der Waals surface area contributed by atoms with E-state index in [1.807, 2.05) is 13.0 Å². The molecule has 2 aromatic rings. The summed E-state index contributed by atoms with van der Waals surface area (Å²) >= 11 is 0. The van der Waals surface area contributed by atoms with Crippen molar-refractivity contribution in [2.45, 2.75) is 24.9 Å². The van der Waals surface area contributed by atoms with E-state index in [4.69, 9.17) is 4.74 Å². The summed E-state index contributed by atoms with van der Waals surface area (Å²) in [5.74, 6) is 0.341. The van der Waals surface area contributed by atoms with Crippen molar-refractivity contribution in [3.05, 3.63) is 47.3 Å². The predicted octanol–water partition coefficient (Wildman–Crippen LogP) is 0.442. The summed E-state index contributed by atoms with van der Waals surface area (Å²) in [6.07, 6.45) is 1.75. The van der Waals surface area contributed by atoms with E-state index in [2.05, 4.69) is 19.6 Å². The molecular formula is C19H23N5O4S. The number of ether oxygens (including phenoxy) is 1. The number of hydrogen-bond acceptors (Lipinski definition) is 7. The maximum Gasteiger partial charge on any atom is 0.241 e. The Balaban J connectivity index is 1.38. The molecule has 1 saturated heterocycles. The maximum absolute atomic E-state index is 12.6. The van der Waals surface area contributed by atoms with Gasteiger partial charge in [0.05, 0.1) is 36.9 Å². The third-order valence-corrected chi connectivity index (χ3v) is 6.40. The van der Waals surface area contributed by atoms with E-state index in [1.165, 1.54) is 6.07 Å². The van der Waals surface area contributed by atoms with Gasteiger partial charge in [0.2, 0.25) is 21.9 Å². The Morgan fingerprint density at radius 1 is 1.24 bits per heavy atom. The number of carbonyl (C=O) groups excluding carboxylic acids is 1. The number of fused-ring (bicyclic) bond motifs is 1. The van der Waals surface area contributed by atoms with Crippen LogP contribution in [0.5, 0.6) is 0 Å². The van der Waals surface area contributed by atoms with Gasteiger partial charge in [-0.3, -0.25) is 4.79 Å². The molecule has 1 amide bonds. The highest BCUT2D eigenvalue weighted by Gasteiger charge is 2.27. The highest BCUT2D eigenvalue weighted by atomic mass is 32.2. The minimum Gasteiger partial charge on any atom is -0.378 e. The Hall–Kier alpha value is -2.56. The number of nitrogens with zero attached hydrogens (tertiary/aromatic N) is 4. The quantitative estimate of drug-likeness (QED) is 0.753. The molecule has 3 heterocycles. The smallest absolute Gasteiger partial charge is 0.241 e. The number of aromatic nitrogens is 2. The third-order valence-electron chi connectivity index (χ3n) is 5.00. The molecule has 0 aliphatic carbocycles. The van der Waals surface area contributed by atoms with Crippen molar-refractivity contribution in [1.82, 2.24) is 19.6 Å². The molecule has 0 bridgehead atoms. The molecular weight excluding hydrogens is 394 g/mol. The molecule has 0 radical (unpaired) electrons. The second-order valence-electron chi connectivity index (χ2n) is 7.13. The molecule has 9 nitrogen and oxygen atoms in total. The summed E-state index contributed by atoms with van der Waals surface area (Å²) in [6.45, 7) is 5.01. The lowest BCUT2D eigenvalue weighted by Gasteiger charge is -2.26. The summed E-state index contributed by atoms with van der Waals surface area (Å²) in [5.41, 5.74) is 2.53. The number of hydrogen-bond donors (Lipinski definition) is 1. The first-order valence-electron chi connectivity index (χ1n) is 9.44. The van der Waals surface area contributed by atoms with Gasteiger partial charge in [-0.05, 0) is 24.6 Å². The van der Waals surface area contributed by atoms with Crippen LogP contribution in [0.15, 0.2) is 35.4 Å². The van der Waals surface area contributed by atoms with Gasteiger partial charge < -0.3 is 14.5 Å². The Morgan fingerprint density at radius 3 is 2.79 bits per heavy atom. The van der Waals surface area contributed by atoms with Crippen LogP contribution in [0.25, 0.3) is 0 Å². The maximum atomic E-state index is 12.6. The van der Waals surface area contributed by atoms with Crippen LogP contribution in [0.2, 0.25) is 0 Å². The minimum atomic E-state index is -3.74. The number of rotatable bonds is 5. The van der Waals surface area contributed by atoms with Gasteiger partial charge in [0.25, 0.3) is 0 Å². The van der Waals surface area contributed by atoms with Crippen molar-refractivity contribution >= 4 is 21.9 Å². The predicted molar refractivity (Wildman–Crippen MR) is 106 cm³/mol.